The first-order chi connectivity index (χ1) is 13.4. The Morgan fingerprint density at radius 3 is 1.89 bits per heavy atom. The summed E-state index contributed by atoms with van der Waals surface area (Å²) in [6, 6.07) is 1.92. The van der Waals surface area contributed by atoms with Gasteiger partial charge in [-0.15, -0.1) is 4.91 Å². The zero-order valence-corrected chi connectivity index (χ0v) is 17.9. The molecule has 0 unspecified atom stereocenters. The van der Waals surface area contributed by atoms with E-state index in [9.17, 15) is 4.91 Å². The second-order valence-corrected chi connectivity index (χ2v) is 7.19. The number of hydrogen-bond donors (Lipinski definition) is 2. The van der Waals surface area contributed by atoms with Crippen molar-refractivity contribution in [3.05, 3.63) is 22.4 Å². The molecular formula is C20H37N7O. The number of hydrogen-bond acceptors (Lipinski definition) is 6. The zero-order valence-electron chi connectivity index (χ0n) is 17.9. The number of nitrogens with two attached hydrogens (primary N) is 2. The molecule has 0 saturated heterocycles. The lowest BCUT2D eigenvalue weighted by Crippen LogP contribution is -2.04. The van der Waals surface area contributed by atoms with Crippen molar-refractivity contribution in [2.45, 2.75) is 92.2 Å². The van der Waals surface area contributed by atoms with Gasteiger partial charge < -0.3 is 11.5 Å². The van der Waals surface area contributed by atoms with Crippen molar-refractivity contribution in [3.63, 3.8) is 0 Å². The summed E-state index contributed by atoms with van der Waals surface area (Å²) in [7, 11) is 0. The molecule has 0 fully saturated rings. The molecule has 0 radical (unpaired) electrons. The Morgan fingerprint density at radius 1 is 0.893 bits per heavy atom. The summed E-state index contributed by atoms with van der Waals surface area (Å²) in [5, 5.41) is 11.4. The molecule has 0 aliphatic rings. The van der Waals surface area contributed by atoms with Gasteiger partial charge in [0.25, 0.3) is 0 Å². The average Bonchev–Trinajstić information content (AvgIpc) is 3.13. The molecule has 0 spiro atoms. The number of nitrogens with zero attached hydrogens (tertiary/aromatic N) is 5. The number of aromatic nitrogens is 4. The lowest BCUT2D eigenvalue weighted by Gasteiger charge is -2.02. The highest BCUT2D eigenvalue weighted by atomic mass is 16.3. The number of nitrogen functional groups attached to an aromatic ring is 2. The smallest absolute Gasteiger partial charge is 0.172 e. The van der Waals surface area contributed by atoms with E-state index in [1.165, 1.54) is 44.9 Å². The highest BCUT2D eigenvalue weighted by molar-refractivity contribution is 5.60. The maximum absolute atomic E-state index is 10.5. The summed E-state index contributed by atoms with van der Waals surface area (Å²) in [6.45, 7) is 9.82. The van der Waals surface area contributed by atoms with E-state index in [4.69, 9.17) is 11.5 Å². The average molecular weight is 392 g/mol. The van der Waals surface area contributed by atoms with E-state index in [2.05, 4.69) is 29.2 Å². The van der Waals surface area contributed by atoms with Crippen molar-refractivity contribution in [1.29, 1.82) is 0 Å². The summed E-state index contributed by atoms with van der Waals surface area (Å²) in [6.07, 6.45) is 9.66. The first-order valence-corrected chi connectivity index (χ1v) is 10.4. The molecule has 2 heterocycles. The number of nitroso groups, excluding NO2 is 1. The van der Waals surface area contributed by atoms with Crippen LogP contribution in [-0.2, 0) is 13.1 Å². The van der Waals surface area contributed by atoms with Gasteiger partial charge in [0.05, 0.1) is 11.4 Å². The van der Waals surface area contributed by atoms with Crippen molar-refractivity contribution in [2.75, 3.05) is 11.5 Å². The van der Waals surface area contributed by atoms with Gasteiger partial charge in [0.2, 0.25) is 0 Å². The normalized spacial score (nSPS) is 10.6. The Kier molecular flexibility index (Phi) is 10.9. The Balaban J connectivity index is 0.000000283. The predicted molar refractivity (Wildman–Crippen MR) is 116 cm³/mol. The SMILES string of the molecule is CCCCCCn1nc(C)c(N=O)c1N.CCCCCCn1nc(C)cc1N. The van der Waals surface area contributed by atoms with Gasteiger partial charge in [-0.25, -0.2) is 9.36 Å². The van der Waals surface area contributed by atoms with Gasteiger partial charge >= 0.3 is 0 Å². The van der Waals surface area contributed by atoms with Crippen molar-refractivity contribution in [3.8, 4) is 0 Å². The number of aryl methyl sites for hydroxylation is 4. The minimum Gasteiger partial charge on any atom is -0.384 e. The van der Waals surface area contributed by atoms with Crippen LogP contribution >= 0.6 is 0 Å². The third-order valence-electron chi connectivity index (χ3n) is 4.61. The van der Waals surface area contributed by atoms with Gasteiger partial charge in [-0.2, -0.15) is 10.2 Å². The van der Waals surface area contributed by atoms with E-state index in [1.807, 2.05) is 17.7 Å². The largest absolute Gasteiger partial charge is 0.384 e. The molecule has 0 atom stereocenters. The van der Waals surface area contributed by atoms with Crippen molar-refractivity contribution >= 4 is 17.3 Å². The molecule has 0 aromatic carbocycles. The Morgan fingerprint density at radius 2 is 1.46 bits per heavy atom. The zero-order chi connectivity index (χ0) is 20.9. The molecule has 28 heavy (non-hydrogen) atoms. The molecule has 8 heteroatoms. The molecular weight excluding hydrogens is 354 g/mol. The number of unbranched alkanes of at least 4 members (excludes halogenated alkanes) is 6. The van der Waals surface area contributed by atoms with E-state index < -0.39 is 0 Å². The van der Waals surface area contributed by atoms with Crippen LogP contribution in [0.4, 0.5) is 17.3 Å². The molecule has 2 aromatic heterocycles. The Hall–Kier alpha value is -2.38. The van der Waals surface area contributed by atoms with Crippen LogP contribution in [0.3, 0.4) is 0 Å². The molecule has 0 amide bonds. The van der Waals surface area contributed by atoms with Crippen LogP contribution in [0.5, 0.6) is 0 Å². The second kappa shape index (κ2) is 12.9. The van der Waals surface area contributed by atoms with Gasteiger partial charge in [0.1, 0.15) is 5.82 Å². The third kappa shape index (κ3) is 7.70. The highest BCUT2D eigenvalue weighted by Gasteiger charge is 2.12. The summed E-state index contributed by atoms with van der Waals surface area (Å²) in [5.41, 5.74) is 13.4. The first kappa shape index (κ1) is 23.7. The predicted octanol–water partition coefficient (Wildman–Crippen LogP) is 5.11. The fraction of sp³-hybridized carbons (Fsp3) is 0.700. The highest BCUT2D eigenvalue weighted by Crippen LogP contribution is 2.25. The monoisotopic (exact) mass is 391 g/mol. The van der Waals surface area contributed by atoms with Crippen molar-refractivity contribution in [1.82, 2.24) is 19.6 Å². The molecule has 0 bridgehead atoms. The first-order valence-electron chi connectivity index (χ1n) is 10.4. The lowest BCUT2D eigenvalue weighted by molar-refractivity contribution is 0.544. The fourth-order valence-electron chi connectivity index (χ4n) is 2.99. The minimum atomic E-state index is 0.283. The lowest BCUT2D eigenvalue weighted by atomic mass is 10.2. The maximum atomic E-state index is 10.5. The molecule has 4 N–H and O–H groups in total. The Labute approximate surface area is 168 Å². The van der Waals surface area contributed by atoms with Gasteiger partial charge in [0.15, 0.2) is 11.5 Å². The van der Waals surface area contributed by atoms with Crippen LogP contribution in [0, 0.1) is 18.8 Å². The van der Waals surface area contributed by atoms with E-state index in [0.29, 0.717) is 11.5 Å². The summed E-state index contributed by atoms with van der Waals surface area (Å²) >= 11 is 0. The summed E-state index contributed by atoms with van der Waals surface area (Å²) in [4.78, 5) is 10.5. The van der Waals surface area contributed by atoms with Crippen LogP contribution in [0.1, 0.15) is 76.6 Å². The number of anilines is 2. The van der Waals surface area contributed by atoms with Gasteiger partial charge in [-0.05, 0) is 31.9 Å². The van der Waals surface area contributed by atoms with E-state index in [1.54, 1.807) is 11.6 Å². The molecule has 0 aliphatic carbocycles. The van der Waals surface area contributed by atoms with E-state index >= 15 is 0 Å². The molecule has 0 saturated carbocycles. The van der Waals surface area contributed by atoms with Crippen LogP contribution in [0.25, 0.3) is 0 Å². The molecule has 2 rings (SSSR count). The standard InChI is InChI=1S/C10H18N4O.C10H19N3/c1-3-4-5-6-7-14-10(11)9(13-15)8(2)12-14;1-3-4-5-6-7-13-10(11)8-9(2)12-13/h3-7,11H2,1-2H3;8H,3-7,11H2,1-2H3. The number of rotatable bonds is 11. The summed E-state index contributed by atoms with van der Waals surface area (Å²) < 4.78 is 3.56. The Bertz CT molecular complexity index is 706. The summed E-state index contributed by atoms with van der Waals surface area (Å²) in [5.74, 6) is 1.17. The third-order valence-corrected chi connectivity index (χ3v) is 4.61. The molecule has 8 nitrogen and oxygen atoms in total. The van der Waals surface area contributed by atoms with Crippen LogP contribution in [0.2, 0.25) is 0 Å². The van der Waals surface area contributed by atoms with Gasteiger partial charge in [0, 0.05) is 19.2 Å². The topological polar surface area (TPSA) is 117 Å². The van der Waals surface area contributed by atoms with Crippen LogP contribution in [-0.4, -0.2) is 19.6 Å². The van der Waals surface area contributed by atoms with Crippen LogP contribution < -0.4 is 11.5 Å². The quantitative estimate of drug-likeness (QED) is 0.408. The maximum Gasteiger partial charge on any atom is 0.172 e. The molecule has 0 aliphatic heterocycles. The fourth-order valence-corrected chi connectivity index (χ4v) is 2.99. The van der Waals surface area contributed by atoms with Crippen molar-refractivity contribution in [2.24, 2.45) is 5.18 Å². The molecule has 2 aromatic rings. The van der Waals surface area contributed by atoms with Gasteiger partial charge in [-0.1, -0.05) is 52.4 Å². The molecule has 158 valence electrons. The minimum absolute atomic E-state index is 0.283. The van der Waals surface area contributed by atoms with Crippen LogP contribution in [0.15, 0.2) is 11.2 Å². The second-order valence-electron chi connectivity index (χ2n) is 7.19. The van der Waals surface area contributed by atoms with E-state index in [0.717, 1.165) is 31.0 Å². The van der Waals surface area contributed by atoms with E-state index in [-0.39, 0.29) is 5.69 Å². The van der Waals surface area contributed by atoms with Crippen molar-refractivity contribution < 1.29 is 0 Å². The van der Waals surface area contributed by atoms with Gasteiger partial charge in [-0.3, -0.25) is 0 Å².